The summed E-state index contributed by atoms with van der Waals surface area (Å²) in [4.78, 5) is 4.16. The molecule has 1 heterocycles. The van der Waals surface area contributed by atoms with Gasteiger partial charge in [-0.3, -0.25) is 0 Å². The van der Waals surface area contributed by atoms with Gasteiger partial charge in [0.25, 0.3) is 0 Å². The lowest BCUT2D eigenvalue weighted by Crippen LogP contribution is -2.18. The molecule has 2 N–H and O–H groups in total. The summed E-state index contributed by atoms with van der Waals surface area (Å²) in [5.41, 5.74) is 6.22. The average molecular weight is 314 g/mol. The fourth-order valence-corrected chi connectivity index (χ4v) is 2.00. The Morgan fingerprint density at radius 2 is 2.29 bits per heavy atom. The van der Waals surface area contributed by atoms with E-state index in [0.717, 1.165) is 6.42 Å². The molecule has 0 bridgehead atoms. The van der Waals surface area contributed by atoms with Crippen LogP contribution in [-0.4, -0.2) is 23.4 Å². The molecule has 0 aliphatic carbocycles. The van der Waals surface area contributed by atoms with Gasteiger partial charge in [0, 0.05) is 17.2 Å². The van der Waals surface area contributed by atoms with Crippen LogP contribution in [0.2, 0.25) is 5.02 Å². The number of hydrogen-bond acceptors (Lipinski definition) is 5. The van der Waals surface area contributed by atoms with E-state index < -0.39 is 11.9 Å². The van der Waals surface area contributed by atoms with Crippen LogP contribution in [0, 0.1) is 5.82 Å². The highest BCUT2D eigenvalue weighted by atomic mass is 35.5. The summed E-state index contributed by atoms with van der Waals surface area (Å²) in [7, 11) is 0. The highest BCUT2D eigenvalue weighted by Gasteiger charge is 2.17. The summed E-state index contributed by atoms with van der Waals surface area (Å²) in [5, 5.41) is 4.12. The number of rotatable bonds is 7. The maximum atomic E-state index is 13.7. The second-order valence-electron chi connectivity index (χ2n) is 4.60. The van der Waals surface area contributed by atoms with Crippen LogP contribution in [0.25, 0.3) is 0 Å². The molecule has 0 fully saturated rings. The predicted molar refractivity (Wildman–Crippen MR) is 76.6 cm³/mol. The molecule has 1 unspecified atom stereocenters. The monoisotopic (exact) mass is 313 g/mol. The van der Waals surface area contributed by atoms with Crippen molar-refractivity contribution < 1.29 is 13.7 Å². The van der Waals surface area contributed by atoms with E-state index in [-0.39, 0.29) is 12.3 Å². The van der Waals surface area contributed by atoms with Crippen molar-refractivity contribution >= 4 is 11.6 Å². The molecular formula is C14H17ClFN3O2. The summed E-state index contributed by atoms with van der Waals surface area (Å²) in [6.45, 7) is 2.95. The standard InChI is InChI=1S/C14H17ClFN3O2/c1-2-6-20-8-12(17)14-18-13(21-19-14)7-9-10(15)4-3-5-11(9)16/h3-5,12H,2,6-8,17H2,1H3. The van der Waals surface area contributed by atoms with Gasteiger partial charge in [-0.2, -0.15) is 4.98 Å². The van der Waals surface area contributed by atoms with Crippen LogP contribution in [-0.2, 0) is 11.2 Å². The zero-order chi connectivity index (χ0) is 15.2. The third-order valence-electron chi connectivity index (χ3n) is 2.85. The molecule has 5 nitrogen and oxygen atoms in total. The molecule has 2 aromatic rings. The number of ether oxygens (including phenoxy) is 1. The Morgan fingerprint density at radius 3 is 3.00 bits per heavy atom. The van der Waals surface area contributed by atoms with Gasteiger partial charge in [0.1, 0.15) is 5.82 Å². The van der Waals surface area contributed by atoms with Gasteiger partial charge in [-0.25, -0.2) is 4.39 Å². The fourth-order valence-electron chi connectivity index (χ4n) is 1.77. The Bertz CT molecular complexity index is 571. The Balaban J connectivity index is 2.03. The zero-order valence-corrected chi connectivity index (χ0v) is 12.4. The van der Waals surface area contributed by atoms with Crippen LogP contribution < -0.4 is 5.73 Å². The zero-order valence-electron chi connectivity index (χ0n) is 11.7. The number of benzene rings is 1. The van der Waals surface area contributed by atoms with Gasteiger partial charge in [-0.15, -0.1) is 0 Å². The number of nitrogens with two attached hydrogens (primary N) is 1. The van der Waals surface area contributed by atoms with Crippen LogP contribution in [0.4, 0.5) is 4.39 Å². The van der Waals surface area contributed by atoms with Crippen molar-refractivity contribution in [2.75, 3.05) is 13.2 Å². The molecule has 0 radical (unpaired) electrons. The van der Waals surface area contributed by atoms with Gasteiger partial charge in [0.05, 0.1) is 19.1 Å². The number of hydrogen-bond donors (Lipinski definition) is 1. The third kappa shape index (κ3) is 4.23. The van der Waals surface area contributed by atoms with E-state index in [1.54, 1.807) is 12.1 Å². The summed E-state index contributed by atoms with van der Waals surface area (Å²) < 4.78 is 24.1. The van der Waals surface area contributed by atoms with Crippen molar-refractivity contribution in [3.63, 3.8) is 0 Å². The Kier molecular flexibility index (Phi) is 5.67. The van der Waals surface area contributed by atoms with Gasteiger partial charge < -0.3 is 15.0 Å². The Hall–Kier alpha value is -1.50. The molecule has 1 atom stereocenters. The first kappa shape index (κ1) is 15.9. The maximum absolute atomic E-state index is 13.7. The van der Waals surface area contributed by atoms with Crippen LogP contribution in [0.1, 0.15) is 36.7 Å². The minimum Gasteiger partial charge on any atom is -0.379 e. The van der Waals surface area contributed by atoms with Gasteiger partial charge >= 0.3 is 0 Å². The smallest absolute Gasteiger partial charge is 0.231 e. The normalized spacial score (nSPS) is 12.6. The minimum atomic E-state index is -0.467. The summed E-state index contributed by atoms with van der Waals surface area (Å²) in [5.74, 6) is 0.203. The van der Waals surface area contributed by atoms with E-state index in [9.17, 15) is 4.39 Å². The molecule has 2 rings (SSSR count). The quantitative estimate of drug-likeness (QED) is 0.796. The van der Waals surface area contributed by atoms with Gasteiger partial charge in [-0.1, -0.05) is 29.7 Å². The van der Waals surface area contributed by atoms with Gasteiger partial charge in [0.15, 0.2) is 5.82 Å². The van der Waals surface area contributed by atoms with E-state index in [2.05, 4.69) is 10.1 Å². The van der Waals surface area contributed by atoms with Crippen molar-refractivity contribution in [1.29, 1.82) is 0 Å². The number of aromatic nitrogens is 2. The third-order valence-corrected chi connectivity index (χ3v) is 3.21. The first-order chi connectivity index (χ1) is 10.1. The molecule has 0 amide bonds. The lowest BCUT2D eigenvalue weighted by Gasteiger charge is -2.06. The van der Waals surface area contributed by atoms with Crippen LogP contribution in [0.3, 0.4) is 0 Å². The van der Waals surface area contributed by atoms with Gasteiger partial charge in [0.2, 0.25) is 5.89 Å². The molecule has 0 saturated heterocycles. The predicted octanol–water partition coefficient (Wildman–Crippen LogP) is 2.88. The molecule has 0 aliphatic rings. The highest BCUT2D eigenvalue weighted by molar-refractivity contribution is 6.31. The molecule has 1 aromatic heterocycles. The first-order valence-corrected chi connectivity index (χ1v) is 7.08. The van der Waals surface area contributed by atoms with Crippen molar-refractivity contribution in [2.45, 2.75) is 25.8 Å². The summed E-state index contributed by atoms with van der Waals surface area (Å²) >= 11 is 5.96. The lowest BCUT2D eigenvalue weighted by atomic mass is 10.1. The largest absolute Gasteiger partial charge is 0.379 e. The highest BCUT2D eigenvalue weighted by Crippen LogP contribution is 2.22. The van der Waals surface area contributed by atoms with Gasteiger partial charge in [-0.05, 0) is 18.6 Å². The van der Waals surface area contributed by atoms with Crippen LogP contribution >= 0.6 is 11.6 Å². The Morgan fingerprint density at radius 1 is 1.48 bits per heavy atom. The fraction of sp³-hybridized carbons (Fsp3) is 0.429. The molecule has 0 aliphatic heterocycles. The van der Waals surface area contributed by atoms with E-state index in [1.165, 1.54) is 6.07 Å². The van der Waals surface area contributed by atoms with E-state index >= 15 is 0 Å². The van der Waals surface area contributed by atoms with Crippen LogP contribution in [0.5, 0.6) is 0 Å². The molecule has 7 heteroatoms. The molecule has 114 valence electrons. The van der Waals surface area contributed by atoms with Crippen molar-refractivity contribution in [3.8, 4) is 0 Å². The average Bonchev–Trinajstić information content (AvgIpc) is 2.92. The minimum absolute atomic E-state index is 0.126. The first-order valence-electron chi connectivity index (χ1n) is 6.70. The summed E-state index contributed by atoms with van der Waals surface area (Å²) in [6, 6.07) is 4.02. The van der Waals surface area contributed by atoms with E-state index in [0.29, 0.717) is 29.6 Å². The van der Waals surface area contributed by atoms with Crippen molar-refractivity contribution in [2.24, 2.45) is 5.73 Å². The molecule has 21 heavy (non-hydrogen) atoms. The molecule has 0 spiro atoms. The van der Waals surface area contributed by atoms with Crippen LogP contribution in [0.15, 0.2) is 22.7 Å². The van der Waals surface area contributed by atoms with Crippen molar-refractivity contribution in [1.82, 2.24) is 10.1 Å². The maximum Gasteiger partial charge on any atom is 0.231 e. The van der Waals surface area contributed by atoms with Crippen molar-refractivity contribution in [3.05, 3.63) is 46.3 Å². The molecule has 0 saturated carbocycles. The topological polar surface area (TPSA) is 74.2 Å². The summed E-state index contributed by atoms with van der Waals surface area (Å²) in [6.07, 6.45) is 1.04. The molecule has 1 aromatic carbocycles. The lowest BCUT2D eigenvalue weighted by molar-refractivity contribution is 0.119. The second kappa shape index (κ2) is 7.49. The van der Waals surface area contributed by atoms with E-state index in [1.807, 2.05) is 6.92 Å². The second-order valence-corrected chi connectivity index (χ2v) is 5.01. The number of nitrogens with zero attached hydrogens (tertiary/aromatic N) is 2. The van der Waals surface area contributed by atoms with E-state index in [4.69, 9.17) is 26.6 Å². The SMILES string of the molecule is CCCOCC(N)c1noc(Cc2c(F)cccc2Cl)n1. The molecular weight excluding hydrogens is 297 g/mol. The Labute approximate surface area is 127 Å². The number of halogens is 2.